The predicted octanol–water partition coefficient (Wildman–Crippen LogP) is 3.21. The van der Waals surface area contributed by atoms with Crippen LogP contribution in [0.5, 0.6) is 5.75 Å². The highest BCUT2D eigenvalue weighted by atomic mass is 127. The number of carbonyl (C=O) groups is 8. The number of aliphatic carboxylic acids is 1. The third kappa shape index (κ3) is 19.0. The number of hydrogen-bond acceptors (Lipinski definition) is 13. The van der Waals surface area contributed by atoms with Gasteiger partial charge in [-0.05, 0) is 102 Å². The van der Waals surface area contributed by atoms with Crippen molar-refractivity contribution in [2.24, 2.45) is 29.2 Å². The van der Waals surface area contributed by atoms with Gasteiger partial charge in [0.1, 0.15) is 35.7 Å². The van der Waals surface area contributed by atoms with Crippen LogP contribution >= 0.6 is 44.2 Å². The van der Waals surface area contributed by atoms with Gasteiger partial charge in [0.25, 0.3) is 0 Å². The Morgan fingerprint density at radius 2 is 1.14 bits per heavy atom. The third-order valence-electron chi connectivity index (χ3n) is 11.7. The molecule has 0 bridgehead atoms. The number of rotatable bonds is 18. The molecular formula is C49H64IN7O10S2. The maximum absolute atomic E-state index is 14.6. The molecule has 1 saturated heterocycles. The van der Waals surface area contributed by atoms with E-state index >= 15 is 0 Å². The van der Waals surface area contributed by atoms with Crippen molar-refractivity contribution < 1.29 is 48.6 Å². The van der Waals surface area contributed by atoms with Crippen LogP contribution in [0.3, 0.4) is 0 Å². The topological polar surface area (TPSA) is 289 Å². The number of hydrogen-bond donors (Lipinski definition) is 9. The van der Waals surface area contributed by atoms with Crippen LogP contribution < -0.4 is 38.1 Å². The van der Waals surface area contributed by atoms with Crippen LogP contribution in [0.4, 0.5) is 0 Å². The number of unbranched alkanes of at least 4 members (excludes halogenated alkanes) is 1. The van der Waals surface area contributed by atoms with E-state index in [1.54, 1.807) is 68.4 Å². The number of nitrogens with one attached hydrogen (secondary N) is 5. The van der Waals surface area contributed by atoms with Crippen LogP contribution in [0.25, 0.3) is 0 Å². The molecule has 374 valence electrons. The number of halogens is 1. The number of carboxylic acids is 1. The number of amides is 5. The van der Waals surface area contributed by atoms with Crippen molar-refractivity contribution in [3.8, 4) is 5.75 Å². The van der Waals surface area contributed by atoms with Gasteiger partial charge in [0, 0.05) is 47.2 Å². The van der Waals surface area contributed by atoms with Crippen molar-refractivity contribution in [1.29, 1.82) is 0 Å². The second kappa shape index (κ2) is 28.6. The Bertz CT molecular complexity index is 2220. The average Bonchev–Trinajstić information content (AvgIpc) is 3.31. The summed E-state index contributed by atoms with van der Waals surface area (Å²) >= 11 is 2.15. The minimum Gasteiger partial charge on any atom is -0.508 e. The molecule has 1 aliphatic heterocycles. The average molecular weight is 1100 g/mol. The first-order valence-corrected chi connectivity index (χ1v) is 26.5. The molecule has 11 N–H and O–H groups in total. The summed E-state index contributed by atoms with van der Waals surface area (Å²) in [6.07, 6.45) is 0.135. The summed E-state index contributed by atoms with van der Waals surface area (Å²) in [6, 6.07) is 14.9. The zero-order chi connectivity index (χ0) is 50.6. The summed E-state index contributed by atoms with van der Waals surface area (Å²) in [5.41, 5.74) is 13.7. The summed E-state index contributed by atoms with van der Waals surface area (Å²) < 4.78 is 0.929. The monoisotopic (exact) mass is 1100 g/mol. The highest BCUT2D eigenvalue weighted by molar-refractivity contribution is 14.1. The molecule has 5 amide bonds. The molecule has 17 nitrogen and oxygen atoms in total. The lowest BCUT2D eigenvalue weighted by Gasteiger charge is -2.28. The highest BCUT2D eigenvalue weighted by Crippen LogP contribution is 2.28. The smallest absolute Gasteiger partial charge is 0.307 e. The zero-order valence-electron chi connectivity index (χ0n) is 39.0. The highest BCUT2D eigenvalue weighted by Gasteiger charge is 2.36. The number of ketones is 2. The molecule has 0 saturated carbocycles. The summed E-state index contributed by atoms with van der Waals surface area (Å²) in [5, 5.41) is 34.0. The lowest BCUT2D eigenvalue weighted by molar-refractivity contribution is -0.145. The van der Waals surface area contributed by atoms with Crippen molar-refractivity contribution in [2.75, 3.05) is 18.1 Å². The van der Waals surface area contributed by atoms with E-state index in [-0.39, 0.29) is 49.4 Å². The fraction of sp³-hybridized carbons (Fsp3) is 0.469. The normalized spacial score (nSPS) is 22.2. The molecule has 0 aromatic heterocycles. The van der Waals surface area contributed by atoms with Gasteiger partial charge in [-0.15, -0.1) is 0 Å². The Kier molecular flexibility index (Phi) is 23.4. The van der Waals surface area contributed by atoms with Gasteiger partial charge in [0.05, 0.1) is 23.9 Å². The van der Waals surface area contributed by atoms with E-state index in [0.717, 1.165) is 25.2 Å². The second-order valence-electron chi connectivity index (χ2n) is 17.6. The van der Waals surface area contributed by atoms with Crippen molar-refractivity contribution >= 4 is 91.3 Å². The Labute approximate surface area is 424 Å². The largest absolute Gasteiger partial charge is 0.508 e. The molecule has 3 aromatic carbocycles. The Hall–Kier alpha value is -5.03. The first kappa shape index (κ1) is 56.6. The number of Topliss-reactive ketones (excluding diaryl/α,β-unsaturated/α-hetero) is 2. The fourth-order valence-corrected chi connectivity index (χ4v) is 10.3. The van der Waals surface area contributed by atoms with Gasteiger partial charge in [0.15, 0.2) is 5.78 Å². The molecule has 4 rings (SSSR count). The zero-order valence-corrected chi connectivity index (χ0v) is 42.8. The van der Waals surface area contributed by atoms with Crippen LogP contribution in [-0.2, 0) is 57.6 Å². The van der Waals surface area contributed by atoms with Gasteiger partial charge in [0.2, 0.25) is 29.5 Å². The molecule has 3 aromatic rings. The quantitative estimate of drug-likeness (QED) is 0.0503. The minimum absolute atomic E-state index is 0.00381. The Balaban J connectivity index is 1.84. The van der Waals surface area contributed by atoms with E-state index in [2.05, 4.69) is 49.2 Å². The van der Waals surface area contributed by atoms with Crippen LogP contribution in [0.15, 0.2) is 78.9 Å². The minimum atomic E-state index is -1.35. The first-order chi connectivity index (χ1) is 32.8. The lowest BCUT2D eigenvalue weighted by Crippen LogP contribution is -2.60. The molecular weight excluding hydrogens is 1040 g/mol. The number of phenols is 1. The van der Waals surface area contributed by atoms with Gasteiger partial charge < -0.3 is 48.3 Å². The van der Waals surface area contributed by atoms with Gasteiger partial charge >= 0.3 is 5.97 Å². The van der Waals surface area contributed by atoms with E-state index in [4.69, 9.17) is 11.5 Å². The number of benzene rings is 3. The van der Waals surface area contributed by atoms with Crippen LogP contribution in [0.2, 0.25) is 0 Å². The maximum Gasteiger partial charge on any atom is 0.307 e. The fourth-order valence-electron chi connectivity index (χ4n) is 7.43. The van der Waals surface area contributed by atoms with Gasteiger partial charge in [-0.25, -0.2) is 0 Å². The molecule has 1 fully saturated rings. The summed E-state index contributed by atoms with van der Waals surface area (Å²) in [5.74, 6) is -8.47. The van der Waals surface area contributed by atoms with Crippen LogP contribution in [-0.4, -0.2) is 112 Å². The van der Waals surface area contributed by atoms with E-state index in [0.29, 0.717) is 36.1 Å². The molecule has 0 radical (unpaired) electrons. The summed E-state index contributed by atoms with van der Waals surface area (Å²) in [7, 11) is 2.24. The molecule has 0 aliphatic carbocycles. The molecule has 69 heavy (non-hydrogen) atoms. The molecule has 0 spiro atoms. The molecule has 8 atom stereocenters. The van der Waals surface area contributed by atoms with E-state index in [1.165, 1.54) is 19.1 Å². The maximum atomic E-state index is 14.6. The molecule has 0 unspecified atom stereocenters. The second-order valence-corrected chi connectivity index (χ2v) is 21.4. The van der Waals surface area contributed by atoms with Gasteiger partial charge in [-0.1, -0.05) is 90.0 Å². The standard InChI is InChI=1S/C49H64IN7O10S2/c1-28(2)36(49(66)67)25-43(60)41-27-69-68-26-33(24-42(59)29(3)52)44(61)54-38(21-30-9-5-4-6-10-30)47(64)56-39(22-31-12-16-34(50)17-13-31)46(63)53-37(11-7-8-20-51)45(62)55-40(48(65)57-41)23-32-14-18-35(58)19-15-32/h4-6,9-10,12-19,28-29,33,36-41,58H,7-8,11,20-27,51-52H2,1-3H3,(H,53,63)(H,54,61)(H,55,62)(H,56,64)(H,57,65)(H,66,67)/t29-,33-,36-,37-,38-,39-,40-,41-/m0/s1. The summed E-state index contributed by atoms with van der Waals surface area (Å²) in [4.78, 5) is 112. The number of aromatic hydroxyl groups is 1. The van der Waals surface area contributed by atoms with E-state index in [9.17, 15) is 48.6 Å². The van der Waals surface area contributed by atoms with Crippen LogP contribution in [0, 0.1) is 21.3 Å². The van der Waals surface area contributed by atoms with Crippen LogP contribution in [0.1, 0.15) is 69.6 Å². The SMILES string of the molecule is CC(C)[C@H](CC(=O)[C@@H]1CSSC[C@H](CC(=O)[C@H](C)N)C(=O)N[C@@H](Cc2ccccc2)C(=O)N[C@@H](Cc2ccc(I)cc2)C(=O)N[C@@H](CCCCN)C(=O)N[C@@H](Cc2ccc(O)cc2)C(=O)N1)C(=O)O. The van der Waals surface area contributed by atoms with Crippen molar-refractivity contribution in [1.82, 2.24) is 26.6 Å². The third-order valence-corrected chi connectivity index (χ3v) is 14.9. The molecule has 1 aliphatic rings. The van der Waals surface area contributed by atoms with Crippen molar-refractivity contribution in [3.63, 3.8) is 0 Å². The molecule has 20 heteroatoms. The van der Waals surface area contributed by atoms with Crippen molar-refractivity contribution in [3.05, 3.63) is 99.1 Å². The van der Waals surface area contributed by atoms with Crippen molar-refractivity contribution in [2.45, 2.75) is 108 Å². The number of phenolic OH excluding ortho intramolecular Hbond substituents is 1. The Morgan fingerprint density at radius 1 is 0.667 bits per heavy atom. The molecule has 1 heterocycles. The first-order valence-electron chi connectivity index (χ1n) is 22.9. The number of carboxylic acid groups (broad SMARTS) is 1. The predicted molar refractivity (Wildman–Crippen MR) is 275 cm³/mol. The lowest BCUT2D eigenvalue weighted by atomic mass is 9.89. The number of carbonyl (C=O) groups excluding carboxylic acids is 7. The van der Waals surface area contributed by atoms with Gasteiger partial charge in [-0.2, -0.15) is 0 Å². The van der Waals surface area contributed by atoms with Gasteiger partial charge in [-0.3, -0.25) is 38.4 Å². The van der Waals surface area contributed by atoms with E-state index < -0.39 is 107 Å². The number of nitrogens with two attached hydrogens (primary N) is 2. The Morgan fingerprint density at radius 3 is 1.67 bits per heavy atom. The summed E-state index contributed by atoms with van der Waals surface area (Å²) in [6.45, 7) is 5.13. The van der Waals surface area contributed by atoms with E-state index in [1.807, 2.05) is 12.1 Å².